The first-order chi connectivity index (χ1) is 5.86. The van der Waals surface area contributed by atoms with Crippen molar-refractivity contribution in [2.75, 3.05) is 0 Å². The Labute approximate surface area is 76.0 Å². The van der Waals surface area contributed by atoms with E-state index in [2.05, 4.69) is 11.2 Å². The molecule has 0 aliphatic heterocycles. The van der Waals surface area contributed by atoms with Crippen molar-refractivity contribution in [3.05, 3.63) is 47.7 Å². The molecule has 2 heteroatoms. The van der Waals surface area contributed by atoms with Gasteiger partial charge in [-0.05, 0) is 23.8 Å². The molecule has 0 aliphatic rings. The molecule has 0 aliphatic carbocycles. The fourth-order valence-corrected chi connectivity index (χ4v) is 1.30. The van der Waals surface area contributed by atoms with E-state index >= 15 is 0 Å². The molecule has 0 saturated heterocycles. The van der Waals surface area contributed by atoms with Crippen LogP contribution in [0.25, 0.3) is 11.1 Å². The molecular formula is C10H7ClN. The Morgan fingerprint density at radius 2 is 2.17 bits per heavy atom. The molecule has 1 N–H and O–H groups in total. The Hall–Kier alpha value is -1.21. The van der Waals surface area contributed by atoms with Gasteiger partial charge in [0.1, 0.15) is 0 Å². The Bertz CT molecular complexity index is 365. The largest absolute Gasteiger partial charge is 0.359 e. The Morgan fingerprint density at radius 1 is 1.25 bits per heavy atom. The van der Waals surface area contributed by atoms with E-state index in [4.69, 9.17) is 11.6 Å². The second-order valence-corrected chi connectivity index (χ2v) is 2.96. The smallest absolute Gasteiger partial charge is 0.0705 e. The maximum absolute atomic E-state index is 5.84. The van der Waals surface area contributed by atoms with Crippen molar-refractivity contribution in [2.45, 2.75) is 0 Å². The highest BCUT2D eigenvalue weighted by atomic mass is 35.5. The number of hydrogen-bond acceptors (Lipinski definition) is 0. The summed E-state index contributed by atoms with van der Waals surface area (Å²) in [5, 5.41) is 0.752. The van der Waals surface area contributed by atoms with Crippen molar-refractivity contribution in [3.8, 4) is 11.1 Å². The number of rotatable bonds is 1. The third-order valence-electron chi connectivity index (χ3n) is 1.68. The molecule has 1 aromatic carbocycles. The standard InChI is InChI=1S/C10H7ClN/c11-10-3-1-2-8(6-10)9-4-5-12-7-9/h1-6,12H. The first-order valence-electron chi connectivity index (χ1n) is 3.67. The molecule has 0 fully saturated rings. The molecule has 59 valence electrons. The fraction of sp³-hybridized carbons (Fsp3) is 0. The molecule has 0 spiro atoms. The molecule has 2 aromatic rings. The first kappa shape index (κ1) is 7.44. The normalized spacial score (nSPS) is 10.1. The van der Waals surface area contributed by atoms with Gasteiger partial charge in [-0.3, -0.25) is 0 Å². The molecule has 1 aromatic heterocycles. The van der Waals surface area contributed by atoms with Crippen molar-refractivity contribution in [1.82, 2.24) is 4.98 Å². The minimum Gasteiger partial charge on any atom is -0.359 e. The van der Waals surface area contributed by atoms with Crippen molar-refractivity contribution < 1.29 is 0 Å². The maximum atomic E-state index is 5.84. The minimum absolute atomic E-state index is 0.752. The van der Waals surface area contributed by atoms with Gasteiger partial charge in [0, 0.05) is 16.8 Å². The molecule has 0 saturated carbocycles. The number of aromatic nitrogens is 1. The summed E-state index contributed by atoms with van der Waals surface area (Å²) in [5.74, 6) is 0. The average Bonchev–Trinajstić information content (AvgIpc) is 2.56. The molecule has 0 unspecified atom stereocenters. The van der Waals surface area contributed by atoms with Gasteiger partial charge in [0.05, 0.1) is 6.20 Å². The number of aromatic amines is 1. The van der Waals surface area contributed by atoms with Crippen molar-refractivity contribution >= 4 is 11.6 Å². The molecule has 1 nitrogen and oxygen atoms in total. The van der Waals surface area contributed by atoms with Crippen LogP contribution in [0.15, 0.2) is 36.5 Å². The third-order valence-corrected chi connectivity index (χ3v) is 1.91. The lowest BCUT2D eigenvalue weighted by atomic mass is 10.1. The quantitative estimate of drug-likeness (QED) is 0.687. The van der Waals surface area contributed by atoms with E-state index in [0.29, 0.717) is 0 Å². The zero-order chi connectivity index (χ0) is 8.39. The number of benzene rings is 1. The zero-order valence-electron chi connectivity index (χ0n) is 6.34. The van der Waals surface area contributed by atoms with Gasteiger partial charge in [0.2, 0.25) is 0 Å². The van der Waals surface area contributed by atoms with Crippen LogP contribution in [-0.4, -0.2) is 4.98 Å². The summed E-state index contributed by atoms with van der Waals surface area (Å²) in [5.41, 5.74) is 2.13. The fourth-order valence-electron chi connectivity index (χ4n) is 1.11. The van der Waals surface area contributed by atoms with Gasteiger partial charge in [0.15, 0.2) is 0 Å². The first-order valence-corrected chi connectivity index (χ1v) is 4.05. The summed E-state index contributed by atoms with van der Waals surface area (Å²) in [7, 11) is 0. The van der Waals surface area contributed by atoms with Gasteiger partial charge in [-0.2, -0.15) is 0 Å². The molecule has 2 rings (SSSR count). The van der Waals surface area contributed by atoms with Gasteiger partial charge in [-0.15, -0.1) is 0 Å². The van der Waals surface area contributed by atoms with E-state index in [-0.39, 0.29) is 0 Å². The van der Waals surface area contributed by atoms with Crippen LogP contribution in [0.1, 0.15) is 0 Å². The van der Waals surface area contributed by atoms with Gasteiger partial charge >= 0.3 is 0 Å². The summed E-state index contributed by atoms with van der Waals surface area (Å²) in [6, 6.07) is 9.68. The van der Waals surface area contributed by atoms with Crippen LogP contribution < -0.4 is 0 Å². The van der Waals surface area contributed by atoms with E-state index in [0.717, 1.165) is 16.1 Å². The van der Waals surface area contributed by atoms with Crippen LogP contribution in [0.2, 0.25) is 5.02 Å². The average molecular weight is 177 g/mol. The topological polar surface area (TPSA) is 15.8 Å². The van der Waals surface area contributed by atoms with Crippen LogP contribution in [-0.2, 0) is 0 Å². The van der Waals surface area contributed by atoms with Crippen LogP contribution >= 0.6 is 11.6 Å². The summed E-state index contributed by atoms with van der Waals surface area (Å²) < 4.78 is 0. The summed E-state index contributed by atoms with van der Waals surface area (Å²) >= 11 is 5.84. The third kappa shape index (κ3) is 1.36. The van der Waals surface area contributed by atoms with E-state index in [1.54, 1.807) is 0 Å². The second kappa shape index (κ2) is 3.03. The Balaban J connectivity index is 2.48. The van der Waals surface area contributed by atoms with E-state index in [9.17, 15) is 0 Å². The van der Waals surface area contributed by atoms with Crippen molar-refractivity contribution in [3.63, 3.8) is 0 Å². The second-order valence-electron chi connectivity index (χ2n) is 2.53. The monoisotopic (exact) mass is 176 g/mol. The van der Waals surface area contributed by atoms with Crippen LogP contribution in [0, 0.1) is 6.20 Å². The van der Waals surface area contributed by atoms with Gasteiger partial charge in [-0.1, -0.05) is 23.7 Å². The van der Waals surface area contributed by atoms with E-state index < -0.39 is 0 Å². The molecular weight excluding hydrogens is 170 g/mol. The molecule has 1 heterocycles. The lowest BCUT2D eigenvalue weighted by Gasteiger charge is -1.96. The molecule has 0 amide bonds. The van der Waals surface area contributed by atoms with Crippen LogP contribution in [0.3, 0.4) is 0 Å². The minimum atomic E-state index is 0.752. The number of halogens is 1. The molecule has 1 radical (unpaired) electrons. The van der Waals surface area contributed by atoms with Crippen molar-refractivity contribution in [2.24, 2.45) is 0 Å². The predicted molar refractivity (Wildman–Crippen MR) is 50.1 cm³/mol. The summed E-state index contributed by atoms with van der Waals surface area (Å²) in [6.45, 7) is 0. The van der Waals surface area contributed by atoms with Crippen LogP contribution in [0.4, 0.5) is 0 Å². The lowest BCUT2D eigenvalue weighted by Crippen LogP contribution is -1.72. The highest BCUT2D eigenvalue weighted by molar-refractivity contribution is 6.30. The van der Waals surface area contributed by atoms with Gasteiger partial charge < -0.3 is 4.98 Å². The number of hydrogen-bond donors (Lipinski definition) is 1. The summed E-state index contributed by atoms with van der Waals surface area (Å²) in [6.07, 6.45) is 4.84. The van der Waals surface area contributed by atoms with Gasteiger partial charge in [0.25, 0.3) is 0 Å². The van der Waals surface area contributed by atoms with E-state index in [1.807, 2.05) is 36.5 Å². The predicted octanol–water partition coefficient (Wildman–Crippen LogP) is 3.14. The number of nitrogens with one attached hydrogen (secondary N) is 1. The van der Waals surface area contributed by atoms with E-state index in [1.165, 1.54) is 0 Å². The Morgan fingerprint density at radius 3 is 2.83 bits per heavy atom. The highest BCUT2D eigenvalue weighted by Crippen LogP contribution is 2.21. The lowest BCUT2D eigenvalue weighted by molar-refractivity contribution is 1.40. The molecule has 0 bridgehead atoms. The zero-order valence-corrected chi connectivity index (χ0v) is 7.10. The highest BCUT2D eigenvalue weighted by Gasteiger charge is 1.97. The molecule has 0 atom stereocenters. The maximum Gasteiger partial charge on any atom is 0.0705 e. The SMILES string of the molecule is Clc1cccc(-c2[c][nH]cc2)c1. The molecule has 12 heavy (non-hydrogen) atoms. The number of H-pyrrole nitrogens is 1. The summed E-state index contributed by atoms with van der Waals surface area (Å²) in [4.78, 5) is 2.88. The van der Waals surface area contributed by atoms with Crippen molar-refractivity contribution in [1.29, 1.82) is 0 Å². The van der Waals surface area contributed by atoms with Gasteiger partial charge in [-0.25, -0.2) is 0 Å². The van der Waals surface area contributed by atoms with Crippen LogP contribution in [0.5, 0.6) is 0 Å². The Kier molecular flexibility index (Phi) is 1.88.